The van der Waals surface area contributed by atoms with Gasteiger partial charge in [-0.05, 0) is 45.0 Å². The number of hydrogen-bond donors (Lipinski definition) is 0. The normalized spacial score (nSPS) is 11.8. The fourth-order valence-electron chi connectivity index (χ4n) is 1.34. The van der Waals surface area contributed by atoms with Crippen molar-refractivity contribution in [1.29, 1.82) is 0 Å². The van der Waals surface area contributed by atoms with E-state index in [9.17, 15) is 4.39 Å². The Balaban J connectivity index is 2.35. The average Bonchev–Trinajstić information content (AvgIpc) is 2.67. The molecule has 2 rings (SSSR count). The Morgan fingerprint density at radius 2 is 1.75 bits per heavy atom. The number of halogens is 1. The molecular weight excluding hydrogens is 205 g/mol. The molecule has 1 aromatic heterocycles. The lowest BCUT2D eigenvalue weighted by molar-refractivity contribution is 0.347. The Labute approximate surface area is 93.9 Å². The van der Waals surface area contributed by atoms with Crippen molar-refractivity contribution in [2.24, 2.45) is 0 Å². The van der Waals surface area contributed by atoms with Crippen molar-refractivity contribution in [2.75, 3.05) is 0 Å². The van der Waals surface area contributed by atoms with Gasteiger partial charge in [0.15, 0.2) is 0 Å². The van der Waals surface area contributed by atoms with Gasteiger partial charge in [-0.3, -0.25) is 0 Å². The minimum atomic E-state index is -0.244. The number of aromatic nitrogens is 3. The molecule has 0 atom stereocenters. The molecular formula is C12H14FN3. The van der Waals surface area contributed by atoms with Crippen LogP contribution < -0.4 is 0 Å². The van der Waals surface area contributed by atoms with E-state index in [1.807, 2.05) is 6.20 Å². The summed E-state index contributed by atoms with van der Waals surface area (Å²) in [6, 6.07) is 6.25. The van der Waals surface area contributed by atoms with E-state index in [0.717, 1.165) is 11.3 Å². The fraction of sp³-hybridized carbons (Fsp3) is 0.333. The second-order valence-corrected chi connectivity index (χ2v) is 4.73. The standard InChI is InChI=1S/C12H14FN3/c1-12(2,3)16-8-11(14-15-16)9-4-6-10(13)7-5-9/h4-8H,1-3H3. The third-order valence-electron chi connectivity index (χ3n) is 2.32. The van der Waals surface area contributed by atoms with Crippen molar-refractivity contribution in [3.63, 3.8) is 0 Å². The molecule has 0 spiro atoms. The number of nitrogens with zero attached hydrogens (tertiary/aromatic N) is 3. The molecule has 84 valence electrons. The van der Waals surface area contributed by atoms with Crippen LogP contribution in [0.1, 0.15) is 20.8 Å². The second kappa shape index (κ2) is 3.70. The van der Waals surface area contributed by atoms with E-state index in [1.165, 1.54) is 12.1 Å². The van der Waals surface area contributed by atoms with Gasteiger partial charge in [0, 0.05) is 5.56 Å². The zero-order chi connectivity index (χ0) is 11.8. The van der Waals surface area contributed by atoms with Crippen molar-refractivity contribution >= 4 is 0 Å². The summed E-state index contributed by atoms with van der Waals surface area (Å²) in [6.07, 6.45) is 1.87. The Morgan fingerprint density at radius 3 is 2.25 bits per heavy atom. The SMILES string of the molecule is CC(C)(C)n1cc(-c2ccc(F)cc2)nn1. The van der Waals surface area contributed by atoms with E-state index in [4.69, 9.17) is 0 Å². The smallest absolute Gasteiger partial charge is 0.123 e. The topological polar surface area (TPSA) is 30.7 Å². The first-order valence-electron chi connectivity index (χ1n) is 5.15. The third kappa shape index (κ3) is 2.10. The first-order valence-corrected chi connectivity index (χ1v) is 5.15. The molecule has 0 amide bonds. The molecule has 1 aromatic carbocycles. The number of benzene rings is 1. The Morgan fingerprint density at radius 1 is 1.12 bits per heavy atom. The van der Waals surface area contributed by atoms with Crippen LogP contribution in [0.5, 0.6) is 0 Å². The van der Waals surface area contributed by atoms with Crippen LogP contribution in [0.2, 0.25) is 0 Å². The highest BCUT2D eigenvalue weighted by molar-refractivity contribution is 5.57. The molecule has 0 radical (unpaired) electrons. The fourth-order valence-corrected chi connectivity index (χ4v) is 1.34. The van der Waals surface area contributed by atoms with Gasteiger partial charge in [0.2, 0.25) is 0 Å². The van der Waals surface area contributed by atoms with Gasteiger partial charge >= 0.3 is 0 Å². The lowest BCUT2D eigenvalue weighted by atomic mass is 10.1. The van der Waals surface area contributed by atoms with Crippen LogP contribution in [0.25, 0.3) is 11.3 Å². The Kier molecular flexibility index (Phi) is 2.50. The molecule has 3 nitrogen and oxygen atoms in total. The van der Waals surface area contributed by atoms with E-state index in [0.29, 0.717) is 0 Å². The first-order chi connectivity index (χ1) is 7.47. The molecule has 0 N–H and O–H groups in total. The van der Waals surface area contributed by atoms with Crippen LogP contribution in [-0.4, -0.2) is 15.0 Å². The van der Waals surface area contributed by atoms with Gasteiger partial charge in [0.1, 0.15) is 11.5 Å². The van der Waals surface area contributed by atoms with E-state index in [1.54, 1.807) is 16.8 Å². The predicted octanol–water partition coefficient (Wildman–Crippen LogP) is 2.84. The molecule has 0 saturated heterocycles. The molecule has 1 heterocycles. The molecule has 0 bridgehead atoms. The van der Waals surface area contributed by atoms with Crippen LogP contribution in [0, 0.1) is 5.82 Å². The van der Waals surface area contributed by atoms with Gasteiger partial charge in [0.25, 0.3) is 0 Å². The highest BCUT2D eigenvalue weighted by atomic mass is 19.1. The highest BCUT2D eigenvalue weighted by Gasteiger charge is 2.15. The first kappa shape index (κ1) is 10.8. The molecule has 2 aromatic rings. The van der Waals surface area contributed by atoms with Crippen molar-refractivity contribution in [1.82, 2.24) is 15.0 Å². The predicted molar refractivity (Wildman–Crippen MR) is 60.4 cm³/mol. The minimum Gasteiger partial charge on any atom is -0.247 e. The summed E-state index contributed by atoms with van der Waals surface area (Å²) in [5.74, 6) is -0.244. The number of rotatable bonds is 1. The lowest BCUT2D eigenvalue weighted by Crippen LogP contribution is -2.22. The van der Waals surface area contributed by atoms with Crippen molar-refractivity contribution in [2.45, 2.75) is 26.3 Å². The summed E-state index contributed by atoms with van der Waals surface area (Å²) in [4.78, 5) is 0. The summed E-state index contributed by atoms with van der Waals surface area (Å²) in [6.45, 7) is 6.16. The van der Waals surface area contributed by atoms with Gasteiger partial charge in [-0.15, -0.1) is 5.10 Å². The molecule has 0 aliphatic carbocycles. The summed E-state index contributed by atoms with van der Waals surface area (Å²) in [7, 11) is 0. The van der Waals surface area contributed by atoms with Crippen molar-refractivity contribution in [3.05, 3.63) is 36.3 Å². The maximum atomic E-state index is 12.8. The Hall–Kier alpha value is -1.71. The zero-order valence-electron chi connectivity index (χ0n) is 9.61. The molecule has 0 unspecified atom stereocenters. The molecule has 0 aliphatic rings. The van der Waals surface area contributed by atoms with Gasteiger partial charge in [-0.2, -0.15) is 0 Å². The molecule has 0 fully saturated rings. The van der Waals surface area contributed by atoms with E-state index in [2.05, 4.69) is 31.1 Å². The monoisotopic (exact) mass is 219 g/mol. The summed E-state index contributed by atoms with van der Waals surface area (Å²) in [5.41, 5.74) is 1.54. The van der Waals surface area contributed by atoms with Crippen LogP contribution in [0.4, 0.5) is 4.39 Å². The van der Waals surface area contributed by atoms with Crippen molar-refractivity contribution in [3.8, 4) is 11.3 Å². The number of hydrogen-bond acceptors (Lipinski definition) is 2. The Bertz CT molecular complexity index is 480. The second-order valence-electron chi connectivity index (χ2n) is 4.73. The highest BCUT2D eigenvalue weighted by Crippen LogP contribution is 2.19. The lowest BCUT2D eigenvalue weighted by Gasteiger charge is -2.17. The van der Waals surface area contributed by atoms with Crippen LogP contribution in [-0.2, 0) is 5.54 Å². The van der Waals surface area contributed by atoms with Gasteiger partial charge < -0.3 is 0 Å². The summed E-state index contributed by atoms with van der Waals surface area (Å²) >= 11 is 0. The molecule has 0 saturated carbocycles. The van der Waals surface area contributed by atoms with Crippen LogP contribution >= 0.6 is 0 Å². The zero-order valence-corrected chi connectivity index (χ0v) is 9.61. The van der Waals surface area contributed by atoms with E-state index in [-0.39, 0.29) is 11.4 Å². The largest absolute Gasteiger partial charge is 0.247 e. The third-order valence-corrected chi connectivity index (χ3v) is 2.32. The van der Waals surface area contributed by atoms with E-state index < -0.39 is 0 Å². The van der Waals surface area contributed by atoms with Crippen LogP contribution in [0.3, 0.4) is 0 Å². The summed E-state index contributed by atoms with van der Waals surface area (Å²) in [5, 5.41) is 8.13. The molecule has 16 heavy (non-hydrogen) atoms. The molecule has 4 heteroatoms. The van der Waals surface area contributed by atoms with Gasteiger partial charge in [-0.1, -0.05) is 5.21 Å². The maximum Gasteiger partial charge on any atom is 0.123 e. The van der Waals surface area contributed by atoms with Crippen molar-refractivity contribution < 1.29 is 4.39 Å². The average molecular weight is 219 g/mol. The maximum absolute atomic E-state index is 12.8. The van der Waals surface area contributed by atoms with E-state index >= 15 is 0 Å². The molecule has 0 aliphatic heterocycles. The summed E-state index contributed by atoms with van der Waals surface area (Å²) < 4.78 is 14.6. The van der Waals surface area contributed by atoms with Crippen LogP contribution in [0.15, 0.2) is 30.5 Å². The quantitative estimate of drug-likeness (QED) is 0.738. The van der Waals surface area contributed by atoms with Gasteiger partial charge in [0.05, 0.1) is 11.7 Å². The van der Waals surface area contributed by atoms with Gasteiger partial charge in [-0.25, -0.2) is 9.07 Å². The minimum absolute atomic E-state index is 0.0920.